The van der Waals surface area contributed by atoms with Gasteiger partial charge in [-0.05, 0) is 36.6 Å². The van der Waals surface area contributed by atoms with Crippen LogP contribution in [0.1, 0.15) is 46.0 Å². The van der Waals surface area contributed by atoms with Crippen LogP contribution in [-0.2, 0) is 0 Å². The molecule has 1 atom stereocenters. The van der Waals surface area contributed by atoms with Crippen molar-refractivity contribution >= 4 is 0 Å². The highest BCUT2D eigenvalue weighted by Gasteiger charge is 2.44. The Morgan fingerprint density at radius 2 is 1.85 bits per heavy atom. The van der Waals surface area contributed by atoms with Crippen LogP contribution in [0.4, 0.5) is 0 Å². The number of hydrogen-bond donors (Lipinski definition) is 2. The van der Waals surface area contributed by atoms with Gasteiger partial charge in [0, 0.05) is 6.61 Å². The molecule has 3 N–H and O–H groups in total. The largest absolute Gasteiger partial charge is 0.396 e. The highest BCUT2D eigenvalue weighted by molar-refractivity contribution is 4.96. The van der Waals surface area contributed by atoms with E-state index in [0.29, 0.717) is 5.41 Å². The average molecular weight is 185 g/mol. The molecule has 1 rings (SSSR count). The van der Waals surface area contributed by atoms with E-state index in [0.717, 1.165) is 13.0 Å². The molecular formula is C11H23NO. The Balaban J connectivity index is 2.79. The molecule has 0 heterocycles. The molecule has 0 aromatic heterocycles. The summed E-state index contributed by atoms with van der Waals surface area (Å²) in [6.45, 7) is 5.60. The van der Waals surface area contributed by atoms with Crippen molar-refractivity contribution in [2.75, 3.05) is 13.2 Å². The number of hydrogen-bond acceptors (Lipinski definition) is 2. The number of nitrogens with two attached hydrogens (primary N) is 1. The van der Waals surface area contributed by atoms with Gasteiger partial charge in [-0.2, -0.15) is 0 Å². The summed E-state index contributed by atoms with van der Waals surface area (Å²) in [5.74, 6) is 0. The van der Waals surface area contributed by atoms with Crippen LogP contribution in [0.2, 0.25) is 0 Å². The lowest BCUT2D eigenvalue weighted by atomic mass is 9.56. The monoisotopic (exact) mass is 185 g/mol. The number of aliphatic hydroxyl groups is 1. The summed E-state index contributed by atoms with van der Waals surface area (Å²) >= 11 is 0. The highest BCUT2D eigenvalue weighted by atomic mass is 16.3. The van der Waals surface area contributed by atoms with Gasteiger partial charge < -0.3 is 10.8 Å². The van der Waals surface area contributed by atoms with Crippen molar-refractivity contribution in [1.29, 1.82) is 0 Å². The van der Waals surface area contributed by atoms with Crippen LogP contribution in [0.15, 0.2) is 0 Å². The first kappa shape index (κ1) is 11.0. The van der Waals surface area contributed by atoms with E-state index in [4.69, 9.17) is 10.8 Å². The maximum absolute atomic E-state index is 9.09. The maximum atomic E-state index is 9.09. The highest BCUT2D eigenvalue weighted by Crippen LogP contribution is 2.51. The van der Waals surface area contributed by atoms with Gasteiger partial charge in [-0.1, -0.05) is 26.7 Å². The minimum absolute atomic E-state index is 0.194. The third kappa shape index (κ3) is 1.89. The summed E-state index contributed by atoms with van der Waals surface area (Å²) in [4.78, 5) is 0. The Labute approximate surface area is 81.5 Å². The molecule has 1 saturated carbocycles. The molecule has 13 heavy (non-hydrogen) atoms. The zero-order valence-corrected chi connectivity index (χ0v) is 8.97. The van der Waals surface area contributed by atoms with Crippen molar-refractivity contribution in [1.82, 2.24) is 0 Å². The third-order valence-corrected chi connectivity index (χ3v) is 4.12. The van der Waals surface area contributed by atoms with E-state index in [1.165, 1.54) is 25.7 Å². The molecule has 1 unspecified atom stereocenters. The smallest absolute Gasteiger partial charge is 0.0437 e. The van der Waals surface area contributed by atoms with Crippen LogP contribution in [0.25, 0.3) is 0 Å². The summed E-state index contributed by atoms with van der Waals surface area (Å²) < 4.78 is 0. The van der Waals surface area contributed by atoms with Gasteiger partial charge in [0.25, 0.3) is 0 Å². The molecule has 0 saturated heterocycles. The second kappa shape index (κ2) is 3.97. The van der Waals surface area contributed by atoms with Crippen molar-refractivity contribution in [2.24, 2.45) is 16.6 Å². The second-order valence-electron chi connectivity index (χ2n) is 5.05. The zero-order chi connectivity index (χ0) is 9.95. The van der Waals surface area contributed by atoms with Crippen molar-refractivity contribution < 1.29 is 5.11 Å². The van der Waals surface area contributed by atoms with Crippen LogP contribution < -0.4 is 5.73 Å². The lowest BCUT2D eigenvalue weighted by Crippen LogP contribution is -2.46. The van der Waals surface area contributed by atoms with E-state index in [2.05, 4.69) is 13.8 Å². The molecule has 0 radical (unpaired) electrons. The van der Waals surface area contributed by atoms with Crippen LogP contribution >= 0.6 is 0 Å². The Morgan fingerprint density at radius 1 is 1.23 bits per heavy atom. The van der Waals surface area contributed by atoms with E-state index in [9.17, 15) is 0 Å². The van der Waals surface area contributed by atoms with Gasteiger partial charge in [0.2, 0.25) is 0 Å². The van der Waals surface area contributed by atoms with Crippen LogP contribution in [-0.4, -0.2) is 18.3 Å². The van der Waals surface area contributed by atoms with Crippen LogP contribution in [0, 0.1) is 10.8 Å². The minimum atomic E-state index is 0.194. The predicted octanol–water partition coefficient (Wildman–Crippen LogP) is 1.91. The summed E-state index contributed by atoms with van der Waals surface area (Å²) in [5, 5.41) is 9.09. The first-order valence-corrected chi connectivity index (χ1v) is 5.39. The fourth-order valence-electron chi connectivity index (χ4n) is 2.79. The van der Waals surface area contributed by atoms with E-state index in [1.807, 2.05) is 0 Å². The second-order valence-corrected chi connectivity index (χ2v) is 5.05. The lowest BCUT2D eigenvalue weighted by molar-refractivity contribution is 0.00119. The quantitative estimate of drug-likeness (QED) is 0.705. The normalized spacial score (nSPS) is 33.2. The van der Waals surface area contributed by atoms with Gasteiger partial charge >= 0.3 is 0 Å². The van der Waals surface area contributed by atoms with Gasteiger partial charge in [-0.25, -0.2) is 0 Å². The standard InChI is InChI=1S/C11H23NO/c1-10(2)5-3-4-6-11(10,9-12)7-8-13/h13H,3-9,12H2,1-2H3. The van der Waals surface area contributed by atoms with Crippen LogP contribution in [0.5, 0.6) is 0 Å². The zero-order valence-electron chi connectivity index (χ0n) is 8.97. The summed E-state index contributed by atoms with van der Waals surface area (Å²) in [5.41, 5.74) is 6.39. The Morgan fingerprint density at radius 3 is 2.31 bits per heavy atom. The summed E-state index contributed by atoms with van der Waals surface area (Å²) in [6, 6.07) is 0. The van der Waals surface area contributed by atoms with Crippen molar-refractivity contribution in [3.05, 3.63) is 0 Å². The molecule has 2 nitrogen and oxygen atoms in total. The Bertz CT molecular complexity index is 163. The van der Waals surface area contributed by atoms with E-state index in [-0.39, 0.29) is 12.0 Å². The predicted molar refractivity (Wildman–Crippen MR) is 55.4 cm³/mol. The lowest BCUT2D eigenvalue weighted by Gasteiger charge is -2.50. The van der Waals surface area contributed by atoms with Crippen molar-refractivity contribution in [3.8, 4) is 0 Å². The summed E-state index contributed by atoms with van der Waals surface area (Å²) in [7, 11) is 0. The molecule has 78 valence electrons. The van der Waals surface area contributed by atoms with Crippen molar-refractivity contribution in [3.63, 3.8) is 0 Å². The minimum Gasteiger partial charge on any atom is -0.396 e. The molecule has 0 aromatic carbocycles. The Hall–Kier alpha value is -0.0800. The average Bonchev–Trinajstić information content (AvgIpc) is 2.09. The first-order chi connectivity index (χ1) is 6.08. The molecule has 0 bridgehead atoms. The van der Waals surface area contributed by atoms with Gasteiger partial charge in [-0.3, -0.25) is 0 Å². The van der Waals surface area contributed by atoms with Crippen LogP contribution in [0.3, 0.4) is 0 Å². The molecule has 0 aromatic rings. The number of rotatable bonds is 3. The van der Waals surface area contributed by atoms with Gasteiger partial charge in [-0.15, -0.1) is 0 Å². The van der Waals surface area contributed by atoms with Gasteiger partial charge in [0.15, 0.2) is 0 Å². The van der Waals surface area contributed by atoms with Crippen molar-refractivity contribution in [2.45, 2.75) is 46.0 Å². The molecule has 0 amide bonds. The molecule has 1 aliphatic carbocycles. The molecule has 0 aliphatic heterocycles. The van der Waals surface area contributed by atoms with Gasteiger partial charge in [0.05, 0.1) is 0 Å². The molecule has 1 aliphatic rings. The fourth-order valence-corrected chi connectivity index (χ4v) is 2.79. The summed E-state index contributed by atoms with van der Waals surface area (Å²) in [6.07, 6.45) is 5.92. The number of aliphatic hydroxyl groups excluding tert-OH is 1. The third-order valence-electron chi connectivity index (χ3n) is 4.12. The molecule has 0 spiro atoms. The van der Waals surface area contributed by atoms with E-state index < -0.39 is 0 Å². The molecule has 1 fully saturated rings. The fraction of sp³-hybridized carbons (Fsp3) is 1.00. The topological polar surface area (TPSA) is 46.2 Å². The Kier molecular flexibility index (Phi) is 3.36. The van der Waals surface area contributed by atoms with E-state index in [1.54, 1.807) is 0 Å². The first-order valence-electron chi connectivity index (χ1n) is 5.39. The van der Waals surface area contributed by atoms with Gasteiger partial charge in [0.1, 0.15) is 0 Å². The molecule has 2 heteroatoms. The SMILES string of the molecule is CC1(C)CCCCC1(CN)CCO. The molecular weight excluding hydrogens is 162 g/mol. The maximum Gasteiger partial charge on any atom is 0.0437 e. The van der Waals surface area contributed by atoms with E-state index >= 15 is 0 Å².